The van der Waals surface area contributed by atoms with Gasteiger partial charge < -0.3 is 25.4 Å². The second-order valence-electron chi connectivity index (χ2n) is 8.21. The predicted molar refractivity (Wildman–Crippen MR) is 140 cm³/mol. The Morgan fingerprint density at radius 1 is 1.11 bits per heavy atom. The number of piperidine rings is 1. The van der Waals surface area contributed by atoms with Crippen molar-refractivity contribution in [2.24, 2.45) is 0 Å². The number of nitrogens with zero attached hydrogens (tertiary/aromatic N) is 2. The molecule has 1 amide bonds. The molecule has 7 nitrogen and oxygen atoms in total. The Balaban J connectivity index is 1.13. The van der Waals surface area contributed by atoms with E-state index in [0.29, 0.717) is 17.2 Å². The number of amides is 1. The summed E-state index contributed by atoms with van der Waals surface area (Å²) < 4.78 is 20.0. The van der Waals surface area contributed by atoms with E-state index < -0.39 is 0 Å². The molecule has 0 radical (unpaired) electrons. The number of hydrogen-bond donors (Lipinski definition) is 3. The summed E-state index contributed by atoms with van der Waals surface area (Å²) in [7, 11) is 0. The average molecular weight is 513 g/mol. The molecule has 2 aromatic heterocycles. The minimum atomic E-state index is -0.263. The van der Waals surface area contributed by atoms with Crippen LogP contribution in [0.25, 0.3) is 9.53 Å². The van der Waals surface area contributed by atoms with Gasteiger partial charge in [-0.2, -0.15) is 0 Å². The van der Waals surface area contributed by atoms with E-state index in [1.54, 1.807) is 12.1 Å². The van der Waals surface area contributed by atoms with E-state index in [4.69, 9.17) is 9.84 Å². The first-order chi connectivity index (χ1) is 17.1. The molecule has 0 aliphatic carbocycles. The van der Waals surface area contributed by atoms with Gasteiger partial charge in [0.15, 0.2) is 5.13 Å². The number of fused-ring (bicyclic) bond motifs is 1. The van der Waals surface area contributed by atoms with Crippen LogP contribution in [-0.2, 0) is 0 Å². The number of benzene rings is 2. The fourth-order valence-corrected chi connectivity index (χ4v) is 6.01. The standard InChI is InChI=1S/C25H25FN4O3S2/c26-16-1-7-19(8-2-16)33-20-9-12-30(13-10-20)18-5-3-17(4-6-18)28-23(32)21-15-22-24(34-21)29-25(35-22)27-11-14-31/h1-8,15,20,31H,9-14H2,(H,27,29)(H,28,32). The summed E-state index contributed by atoms with van der Waals surface area (Å²) in [6.07, 6.45) is 1.89. The van der Waals surface area contributed by atoms with E-state index in [1.165, 1.54) is 34.8 Å². The molecule has 5 rings (SSSR count). The van der Waals surface area contributed by atoms with Crippen molar-refractivity contribution in [3.05, 3.63) is 65.3 Å². The van der Waals surface area contributed by atoms with Gasteiger partial charge in [0, 0.05) is 43.9 Å². The van der Waals surface area contributed by atoms with Gasteiger partial charge in [-0.25, -0.2) is 9.37 Å². The van der Waals surface area contributed by atoms with Gasteiger partial charge in [0.05, 0.1) is 16.2 Å². The number of aliphatic hydroxyl groups is 1. The quantitative estimate of drug-likeness (QED) is 0.301. The minimum absolute atomic E-state index is 0.0455. The third-order valence-corrected chi connectivity index (χ3v) is 7.87. The lowest BCUT2D eigenvalue weighted by atomic mass is 10.1. The van der Waals surface area contributed by atoms with Crippen LogP contribution >= 0.6 is 22.7 Å². The van der Waals surface area contributed by atoms with Gasteiger partial charge in [-0.1, -0.05) is 11.3 Å². The van der Waals surface area contributed by atoms with Crippen LogP contribution < -0.4 is 20.3 Å². The van der Waals surface area contributed by atoms with Gasteiger partial charge in [0.1, 0.15) is 22.5 Å². The van der Waals surface area contributed by atoms with E-state index >= 15 is 0 Å². The minimum Gasteiger partial charge on any atom is -0.490 e. The summed E-state index contributed by atoms with van der Waals surface area (Å²) in [4.78, 5) is 20.9. The first kappa shape index (κ1) is 23.5. The van der Waals surface area contributed by atoms with Gasteiger partial charge in [-0.3, -0.25) is 4.79 Å². The number of hydrogen-bond acceptors (Lipinski definition) is 8. The molecule has 1 fully saturated rings. The number of halogens is 1. The van der Waals surface area contributed by atoms with Gasteiger partial charge in [-0.15, -0.1) is 11.3 Å². The van der Waals surface area contributed by atoms with Crippen LogP contribution in [0.2, 0.25) is 0 Å². The van der Waals surface area contributed by atoms with Crippen LogP contribution in [0.4, 0.5) is 20.9 Å². The molecule has 1 saturated heterocycles. The first-order valence-electron chi connectivity index (χ1n) is 11.4. The van der Waals surface area contributed by atoms with Gasteiger partial charge in [0.2, 0.25) is 0 Å². The Hall–Kier alpha value is -3.21. The molecule has 1 aliphatic rings. The first-order valence-corrected chi connectivity index (χ1v) is 13.0. The number of carbonyl (C=O) groups excluding carboxylic acids is 1. The Morgan fingerprint density at radius 2 is 1.86 bits per heavy atom. The van der Waals surface area contributed by atoms with Crippen LogP contribution in [0, 0.1) is 5.82 Å². The fourth-order valence-electron chi connectivity index (χ4n) is 3.97. The average Bonchev–Trinajstić information content (AvgIpc) is 3.44. The molecule has 35 heavy (non-hydrogen) atoms. The molecular formula is C25H25FN4O3S2. The topological polar surface area (TPSA) is 86.7 Å². The van der Waals surface area contributed by atoms with Crippen molar-refractivity contribution in [1.82, 2.24) is 4.98 Å². The normalized spacial score (nSPS) is 14.3. The highest BCUT2D eigenvalue weighted by atomic mass is 32.1. The Labute approximate surface area is 210 Å². The lowest BCUT2D eigenvalue weighted by molar-refractivity contribution is 0.103. The third kappa shape index (κ3) is 5.72. The number of thiophene rings is 1. The van der Waals surface area contributed by atoms with Crippen LogP contribution in [0.5, 0.6) is 5.75 Å². The zero-order valence-corrected chi connectivity index (χ0v) is 20.5. The zero-order chi connectivity index (χ0) is 24.2. The summed E-state index contributed by atoms with van der Waals surface area (Å²) in [5, 5.41) is 15.7. The maximum Gasteiger partial charge on any atom is 0.265 e. The maximum atomic E-state index is 13.1. The Morgan fingerprint density at radius 3 is 2.54 bits per heavy atom. The van der Waals surface area contributed by atoms with Gasteiger partial charge in [-0.05, 0) is 54.6 Å². The number of ether oxygens (including phenoxy) is 1. The number of aliphatic hydroxyl groups excluding tert-OH is 1. The summed E-state index contributed by atoms with van der Waals surface area (Å²) >= 11 is 2.82. The lowest BCUT2D eigenvalue weighted by Crippen LogP contribution is -2.38. The highest BCUT2D eigenvalue weighted by Crippen LogP contribution is 2.33. The van der Waals surface area contributed by atoms with Crippen molar-refractivity contribution in [3.63, 3.8) is 0 Å². The van der Waals surface area contributed by atoms with Gasteiger partial charge in [0.25, 0.3) is 5.91 Å². The van der Waals surface area contributed by atoms with Crippen LogP contribution in [0.1, 0.15) is 22.5 Å². The molecule has 1 aliphatic heterocycles. The summed E-state index contributed by atoms with van der Waals surface area (Å²) in [5.74, 6) is 0.280. The Kier molecular flexibility index (Phi) is 7.12. The zero-order valence-electron chi connectivity index (χ0n) is 18.9. The number of carbonyl (C=O) groups is 1. The molecule has 0 unspecified atom stereocenters. The maximum absolute atomic E-state index is 13.1. The molecule has 182 valence electrons. The highest BCUT2D eigenvalue weighted by Gasteiger charge is 2.21. The molecule has 3 heterocycles. The van der Waals surface area contributed by atoms with E-state index in [9.17, 15) is 9.18 Å². The van der Waals surface area contributed by atoms with E-state index in [1.807, 2.05) is 30.3 Å². The number of anilines is 3. The molecule has 4 aromatic rings. The summed E-state index contributed by atoms with van der Waals surface area (Å²) in [6.45, 7) is 2.23. The number of thiazole rings is 1. The fraction of sp³-hybridized carbons (Fsp3) is 0.280. The monoisotopic (exact) mass is 512 g/mol. The van der Waals surface area contributed by atoms with Gasteiger partial charge >= 0.3 is 0 Å². The SMILES string of the molecule is O=C(Nc1ccc(N2CCC(Oc3ccc(F)cc3)CC2)cc1)c1cc2sc(NCCO)nc2s1. The van der Waals surface area contributed by atoms with Crippen molar-refractivity contribution in [2.75, 3.05) is 41.8 Å². The van der Waals surface area contributed by atoms with Crippen molar-refractivity contribution in [3.8, 4) is 5.75 Å². The molecule has 10 heteroatoms. The molecule has 2 aromatic carbocycles. The smallest absolute Gasteiger partial charge is 0.265 e. The second-order valence-corrected chi connectivity index (χ2v) is 10.3. The molecular weight excluding hydrogens is 487 g/mol. The molecule has 3 N–H and O–H groups in total. The molecule has 0 atom stereocenters. The molecule has 0 saturated carbocycles. The predicted octanol–water partition coefficient (Wildman–Crippen LogP) is 5.20. The lowest BCUT2D eigenvalue weighted by Gasteiger charge is -2.33. The van der Waals surface area contributed by atoms with E-state index in [0.717, 1.165) is 52.0 Å². The van der Waals surface area contributed by atoms with E-state index in [-0.39, 0.29) is 24.4 Å². The van der Waals surface area contributed by atoms with Crippen molar-refractivity contribution < 1.29 is 19.0 Å². The van der Waals surface area contributed by atoms with Crippen LogP contribution in [-0.4, -0.2) is 48.3 Å². The van der Waals surface area contributed by atoms with Crippen LogP contribution in [0.3, 0.4) is 0 Å². The summed E-state index contributed by atoms with van der Waals surface area (Å²) in [5.41, 5.74) is 1.84. The second kappa shape index (κ2) is 10.6. The van der Waals surface area contributed by atoms with Crippen molar-refractivity contribution in [2.45, 2.75) is 18.9 Å². The van der Waals surface area contributed by atoms with Crippen molar-refractivity contribution in [1.29, 1.82) is 0 Å². The number of nitrogens with one attached hydrogen (secondary N) is 2. The Bertz CT molecular complexity index is 1250. The summed E-state index contributed by atoms with van der Waals surface area (Å²) in [6, 6.07) is 15.9. The van der Waals surface area contributed by atoms with Crippen molar-refractivity contribution >= 4 is 54.6 Å². The molecule has 0 spiro atoms. The highest BCUT2D eigenvalue weighted by molar-refractivity contribution is 7.29. The van der Waals surface area contributed by atoms with E-state index in [2.05, 4.69) is 20.5 Å². The molecule has 0 bridgehead atoms. The number of aromatic nitrogens is 1. The van der Waals surface area contributed by atoms with Crippen LogP contribution in [0.15, 0.2) is 54.6 Å². The largest absolute Gasteiger partial charge is 0.490 e. The number of rotatable bonds is 8. The third-order valence-electron chi connectivity index (χ3n) is 5.75.